The maximum absolute atomic E-state index is 11.6. The molecule has 2 atom stereocenters. The lowest BCUT2D eigenvalue weighted by atomic mass is 9.87. The third kappa shape index (κ3) is 1.33. The minimum absolute atomic E-state index is 0.163. The number of nitrogens with zero attached hydrogens (tertiary/aromatic N) is 4. The summed E-state index contributed by atoms with van der Waals surface area (Å²) < 4.78 is 0. The van der Waals surface area contributed by atoms with Crippen LogP contribution in [0.25, 0.3) is 10.4 Å². The van der Waals surface area contributed by atoms with E-state index < -0.39 is 17.9 Å². The van der Waals surface area contributed by atoms with Crippen molar-refractivity contribution in [2.45, 2.75) is 24.9 Å². The highest BCUT2D eigenvalue weighted by Crippen LogP contribution is 2.39. The Bertz CT molecular complexity index is 454. The van der Waals surface area contributed by atoms with Crippen LogP contribution < -0.4 is 0 Å². The van der Waals surface area contributed by atoms with Crippen LogP contribution in [-0.2, 0) is 9.59 Å². The van der Waals surface area contributed by atoms with Gasteiger partial charge >= 0.3 is 5.97 Å². The van der Waals surface area contributed by atoms with Crippen molar-refractivity contribution in [1.82, 2.24) is 4.90 Å². The maximum Gasteiger partial charge on any atom is 0.353 e. The van der Waals surface area contributed by atoms with Crippen LogP contribution in [0.2, 0.25) is 0 Å². The first-order valence-electron chi connectivity index (χ1n) is 4.57. The Morgan fingerprint density at radius 2 is 2.38 bits per heavy atom. The van der Waals surface area contributed by atoms with E-state index in [-0.39, 0.29) is 16.8 Å². The van der Waals surface area contributed by atoms with E-state index in [1.165, 1.54) is 0 Å². The second-order valence-electron chi connectivity index (χ2n) is 3.52. The summed E-state index contributed by atoms with van der Waals surface area (Å²) in [6.45, 7) is 0. The Morgan fingerprint density at radius 1 is 1.69 bits per heavy atom. The van der Waals surface area contributed by atoms with Crippen molar-refractivity contribution in [2.24, 2.45) is 5.11 Å². The SMILES string of the molecule is [N-]=[N+]=N[C@H]1C(=O)N2C(C(=O)O)=C(Cl)CC[C@H]12. The zero-order chi connectivity index (χ0) is 11.9. The van der Waals surface area contributed by atoms with Gasteiger partial charge < -0.3 is 10.0 Å². The average molecular weight is 243 g/mol. The summed E-state index contributed by atoms with van der Waals surface area (Å²) in [6.07, 6.45) is 0.903. The second kappa shape index (κ2) is 3.70. The number of hydrogen-bond donors (Lipinski definition) is 1. The molecule has 1 amide bonds. The molecule has 0 bridgehead atoms. The molecule has 8 heteroatoms. The van der Waals surface area contributed by atoms with Gasteiger partial charge in [0.25, 0.3) is 0 Å². The standard InChI is InChI=1S/C8H7ClN4O3/c9-3-1-2-4-5(11-12-10)7(14)13(4)6(3)8(15)16/h4-5H,1-2H2,(H,15,16)/t4-,5-/m1/s1. The molecule has 0 saturated carbocycles. The van der Waals surface area contributed by atoms with E-state index in [2.05, 4.69) is 10.0 Å². The van der Waals surface area contributed by atoms with Crippen molar-refractivity contribution in [3.05, 3.63) is 21.2 Å². The number of β-lactam (4-membered cyclic amide) rings is 1. The lowest BCUT2D eigenvalue weighted by molar-refractivity contribution is -0.152. The Kier molecular flexibility index (Phi) is 2.49. The molecule has 0 aromatic rings. The van der Waals surface area contributed by atoms with Crippen LogP contribution in [0, 0.1) is 0 Å². The van der Waals surface area contributed by atoms with Gasteiger partial charge in [-0.2, -0.15) is 0 Å². The molecule has 0 aromatic carbocycles. The van der Waals surface area contributed by atoms with E-state index in [0.29, 0.717) is 12.8 Å². The Labute approximate surface area is 94.9 Å². The number of fused-ring (bicyclic) bond motifs is 1. The average Bonchev–Trinajstić information content (AvgIpc) is 2.25. The zero-order valence-corrected chi connectivity index (χ0v) is 8.76. The number of carbonyl (C=O) groups excluding carboxylic acids is 1. The van der Waals surface area contributed by atoms with Crippen LogP contribution in [0.4, 0.5) is 0 Å². The summed E-state index contributed by atoms with van der Waals surface area (Å²) in [5.74, 6) is -1.74. The molecule has 0 spiro atoms. The van der Waals surface area contributed by atoms with Gasteiger partial charge in [-0.1, -0.05) is 16.7 Å². The predicted molar refractivity (Wildman–Crippen MR) is 53.3 cm³/mol. The van der Waals surface area contributed by atoms with Crippen LogP contribution in [-0.4, -0.2) is 34.0 Å². The highest BCUT2D eigenvalue weighted by Gasteiger charge is 2.52. The lowest BCUT2D eigenvalue weighted by Crippen LogP contribution is -2.65. The number of carboxylic acid groups (broad SMARTS) is 1. The van der Waals surface area contributed by atoms with Crippen LogP contribution in [0.5, 0.6) is 0 Å². The molecule has 2 aliphatic rings. The number of carboxylic acids is 1. The highest BCUT2D eigenvalue weighted by atomic mass is 35.5. The number of hydrogen-bond acceptors (Lipinski definition) is 3. The third-order valence-electron chi connectivity index (χ3n) is 2.72. The van der Waals surface area contributed by atoms with Crippen molar-refractivity contribution in [1.29, 1.82) is 0 Å². The summed E-state index contributed by atoms with van der Waals surface area (Å²) in [4.78, 5) is 26.2. The van der Waals surface area contributed by atoms with Gasteiger partial charge in [-0.3, -0.25) is 4.79 Å². The van der Waals surface area contributed by atoms with Gasteiger partial charge in [-0.15, -0.1) is 0 Å². The van der Waals surface area contributed by atoms with Crippen molar-refractivity contribution >= 4 is 23.5 Å². The van der Waals surface area contributed by atoms with E-state index in [9.17, 15) is 9.59 Å². The van der Waals surface area contributed by atoms with E-state index in [0.717, 1.165) is 4.90 Å². The monoisotopic (exact) mass is 242 g/mol. The van der Waals surface area contributed by atoms with Crippen molar-refractivity contribution < 1.29 is 14.7 Å². The maximum atomic E-state index is 11.6. The number of amides is 1. The first-order chi connectivity index (χ1) is 7.57. The van der Waals surface area contributed by atoms with Crippen molar-refractivity contribution in [2.75, 3.05) is 0 Å². The van der Waals surface area contributed by atoms with E-state index in [1.807, 2.05) is 0 Å². The minimum atomic E-state index is -1.23. The van der Waals surface area contributed by atoms with Crippen molar-refractivity contribution in [3.63, 3.8) is 0 Å². The lowest BCUT2D eigenvalue weighted by Gasteiger charge is -2.47. The number of halogens is 1. The van der Waals surface area contributed by atoms with Crippen LogP contribution >= 0.6 is 11.6 Å². The topological polar surface area (TPSA) is 106 Å². The summed E-state index contributed by atoms with van der Waals surface area (Å²) in [5, 5.41) is 12.4. The quantitative estimate of drug-likeness (QED) is 0.340. The molecule has 2 rings (SSSR count). The Balaban J connectivity index is 2.34. The fourth-order valence-electron chi connectivity index (χ4n) is 2.02. The van der Waals surface area contributed by atoms with Gasteiger partial charge in [-0.25, -0.2) is 4.79 Å². The van der Waals surface area contributed by atoms with Crippen LogP contribution in [0.3, 0.4) is 0 Å². The number of allylic oxidation sites excluding steroid dienone is 1. The molecule has 84 valence electrons. The normalized spacial score (nSPS) is 28.1. The molecular weight excluding hydrogens is 236 g/mol. The summed E-state index contributed by atoms with van der Waals surface area (Å²) in [7, 11) is 0. The predicted octanol–water partition coefficient (Wildman–Crippen LogP) is 1.20. The van der Waals surface area contributed by atoms with Gasteiger partial charge in [0, 0.05) is 9.94 Å². The van der Waals surface area contributed by atoms with E-state index in [1.54, 1.807) is 0 Å². The second-order valence-corrected chi connectivity index (χ2v) is 3.98. The van der Waals surface area contributed by atoms with E-state index in [4.69, 9.17) is 22.2 Å². The largest absolute Gasteiger partial charge is 0.477 e. The van der Waals surface area contributed by atoms with Gasteiger partial charge in [0.1, 0.15) is 11.7 Å². The number of carbonyl (C=O) groups is 2. The Morgan fingerprint density at radius 3 is 2.94 bits per heavy atom. The molecule has 1 saturated heterocycles. The molecular formula is C8H7ClN4O3. The highest BCUT2D eigenvalue weighted by molar-refractivity contribution is 6.32. The molecule has 0 aromatic heterocycles. The van der Waals surface area contributed by atoms with Gasteiger partial charge in [0.05, 0.1) is 6.04 Å². The van der Waals surface area contributed by atoms with Crippen LogP contribution in [0.1, 0.15) is 12.8 Å². The molecule has 0 aliphatic carbocycles. The molecule has 2 heterocycles. The van der Waals surface area contributed by atoms with E-state index >= 15 is 0 Å². The van der Waals surface area contributed by atoms with Gasteiger partial charge in [0.2, 0.25) is 5.91 Å². The molecule has 16 heavy (non-hydrogen) atoms. The fraction of sp³-hybridized carbons (Fsp3) is 0.500. The smallest absolute Gasteiger partial charge is 0.353 e. The van der Waals surface area contributed by atoms with Crippen LogP contribution in [0.15, 0.2) is 15.8 Å². The van der Waals surface area contributed by atoms with Gasteiger partial charge in [-0.05, 0) is 18.4 Å². The fourth-order valence-corrected chi connectivity index (χ4v) is 2.30. The number of azide groups is 1. The first-order valence-corrected chi connectivity index (χ1v) is 4.95. The third-order valence-corrected chi connectivity index (χ3v) is 3.09. The molecule has 1 N–H and O–H groups in total. The minimum Gasteiger partial charge on any atom is -0.477 e. The molecule has 2 aliphatic heterocycles. The molecule has 0 radical (unpaired) electrons. The molecule has 0 unspecified atom stereocenters. The molecule has 1 fully saturated rings. The summed E-state index contributed by atoms with van der Waals surface area (Å²) >= 11 is 5.76. The van der Waals surface area contributed by atoms with Gasteiger partial charge in [0.15, 0.2) is 0 Å². The number of aliphatic carboxylic acids is 1. The Hall–Kier alpha value is -1.72. The summed E-state index contributed by atoms with van der Waals surface area (Å²) in [6, 6.07) is -1.15. The first kappa shape index (κ1) is 10.8. The number of rotatable bonds is 2. The summed E-state index contributed by atoms with van der Waals surface area (Å²) in [5.41, 5.74) is 8.08. The molecule has 7 nitrogen and oxygen atoms in total. The zero-order valence-electron chi connectivity index (χ0n) is 8.00. The van der Waals surface area contributed by atoms with Crippen molar-refractivity contribution in [3.8, 4) is 0 Å².